The van der Waals surface area contributed by atoms with Crippen molar-refractivity contribution >= 4 is 5.78 Å². The van der Waals surface area contributed by atoms with Crippen molar-refractivity contribution in [3.05, 3.63) is 24.2 Å². The molecule has 1 aromatic heterocycles. The molecule has 2 aliphatic rings. The van der Waals surface area contributed by atoms with Crippen LogP contribution < -0.4 is 0 Å². The van der Waals surface area contributed by atoms with Crippen LogP contribution in [0.1, 0.15) is 32.6 Å². The van der Waals surface area contributed by atoms with Crippen LogP contribution >= 0.6 is 0 Å². The molecule has 4 nitrogen and oxygen atoms in total. The lowest BCUT2D eigenvalue weighted by Gasteiger charge is -2.36. The first-order chi connectivity index (χ1) is 7.46. The van der Waals surface area contributed by atoms with Crippen molar-refractivity contribution in [3.63, 3.8) is 0 Å². The van der Waals surface area contributed by atoms with Crippen LogP contribution in [0, 0.1) is 5.41 Å². The van der Waals surface area contributed by atoms with Crippen molar-refractivity contribution in [2.75, 3.05) is 0 Å². The third-order valence-corrected chi connectivity index (χ3v) is 3.81. The van der Waals surface area contributed by atoms with Gasteiger partial charge < -0.3 is 13.9 Å². The number of Topliss-reactive ketones (excluding diaryl/α,β-unsaturated/α-hetero) is 1. The number of ether oxygens (including phenoxy) is 2. The van der Waals surface area contributed by atoms with Gasteiger partial charge in [-0.15, -0.1) is 0 Å². The molecule has 0 unspecified atom stereocenters. The molecule has 3 rings (SSSR count). The van der Waals surface area contributed by atoms with E-state index in [1.165, 1.54) is 0 Å². The molecule has 16 heavy (non-hydrogen) atoms. The maximum Gasteiger partial charge on any atom is 0.179 e. The lowest BCUT2D eigenvalue weighted by atomic mass is 9.78. The fourth-order valence-corrected chi connectivity index (χ4v) is 2.36. The van der Waals surface area contributed by atoms with Crippen molar-refractivity contribution in [1.82, 2.24) is 0 Å². The Morgan fingerprint density at radius 1 is 1.19 bits per heavy atom. The average Bonchev–Trinajstić information content (AvgIpc) is 2.85. The number of fused-ring (bicyclic) bond motifs is 2. The monoisotopic (exact) mass is 222 g/mol. The van der Waals surface area contributed by atoms with Gasteiger partial charge in [-0.1, -0.05) is 0 Å². The zero-order valence-corrected chi connectivity index (χ0v) is 9.52. The first-order valence-corrected chi connectivity index (χ1v) is 5.39. The third kappa shape index (κ3) is 0.987. The average molecular weight is 222 g/mol. The Morgan fingerprint density at radius 2 is 1.88 bits per heavy atom. The van der Waals surface area contributed by atoms with E-state index in [9.17, 15) is 4.79 Å². The van der Waals surface area contributed by atoms with Gasteiger partial charge in [-0.3, -0.25) is 4.79 Å². The number of ketones is 1. The quantitative estimate of drug-likeness (QED) is 0.729. The molecule has 4 heteroatoms. The molecule has 0 saturated carbocycles. The first-order valence-electron chi connectivity index (χ1n) is 5.39. The van der Waals surface area contributed by atoms with Gasteiger partial charge in [0.1, 0.15) is 5.76 Å². The maximum absolute atomic E-state index is 12.2. The van der Waals surface area contributed by atoms with Gasteiger partial charge >= 0.3 is 0 Å². The zero-order valence-electron chi connectivity index (χ0n) is 9.52. The summed E-state index contributed by atoms with van der Waals surface area (Å²) in [5, 5.41) is 0. The predicted octanol–water partition coefficient (Wildman–Crippen LogP) is 2.06. The zero-order chi connectivity index (χ0) is 11.6. The summed E-state index contributed by atoms with van der Waals surface area (Å²) in [5.41, 5.74) is -0.596. The maximum atomic E-state index is 12.2. The van der Waals surface area contributed by atoms with Gasteiger partial charge in [-0.05, 0) is 32.9 Å². The smallest absolute Gasteiger partial charge is 0.179 e. The number of hydrogen-bond acceptors (Lipinski definition) is 4. The molecule has 3 heterocycles. The van der Waals surface area contributed by atoms with Crippen molar-refractivity contribution in [2.45, 2.75) is 38.8 Å². The Bertz CT molecular complexity index is 434. The van der Waals surface area contributed by atoms with Gasteiger partial charge in [-0.2, -0.15) is 0 Å². The molecular formula is C12H14O4. The number of carbonyl (C=O) groups is 1. The highest BCUT2D eigenvalue weighted by Gasteiger charge is 2.67. The molecule has 3 atom stereocenters. The summed E-state index contributed by atoms with van der Waals surface area (Å²) in [6.45, 7) is 5.52. The van der Waals surface area contributed by atoms with Crippen LogP contribution in [-0.2, 0) is 14.3 Å². The number of rotatable bonds is 1. The van der Waals surface area contributed by atoms with Crippen LogP contribution in [0.25, 0.3) is 0 Å². The molecule has 0 amide bonds. The van der Waals surface area contributed by atoms with Gasteiger partial charge in [-0.25, -0.2) is 0 Å². The van der Waals surface area contributed by atoms with Crippen molar-refractivity contribution in [2.24, 2.45) is 5.41 Å². The standard InChI is InChI=1S/C12H14O4/c1-11(2)10(13)9-8(7-5-4-6-14-7)15-12(11,3)16-9/h4-6,8-9H,1-3H3/t8-,9+,12+/m0/s1. The molecule has 0 aromatic carbocycles. The van der Waals surface area contributed by atoms with E-state index >= 15 is 0 Å². The van der Waals surface area contributed by atoms with Gasteiger partial charge in [0.05, 0.1) is 11.7 Å². The molecule has 86 valence electrons. The molecule has 2 fully saturated rings. The molecule has 0 spiro atoms. The lowest BCUT2D eigenvalue weighted by Crippen LogP contribution is -2.47. The molecule has 2 bridgehead atoms. The highest BCUT2D eigenvalue weighted by Crippen LogP contribution is 2.55. The van der Waals surface area contributed by atoms with E-state index in [0.29, 0.717) is 5.76 Å². The fourth-order valence-electron chi connectivity index (χ4n) is 2.36. The van der Waals surface area contributed by atoms with E-state index in [4.69, 9.17) is 13.9 Å². The molecule has 0 radical (unpaired) electrons. The second-order valence-corrected chi connectivity index (χ2v) is 5.03. The minimum absolute atomic E-state index is 0.0858. The van der Waals surface area contributed by atoms with E-state index in [1.54, 1.807) is 18.4 Å². The highest BCUT2D eigenvalue weighted by atomic mass is 16.8. The highest BCUT2D eigenvalue weighted by molar-refractivity contribution is 5.92. The van der Waals surface area contributed by atoms with E-state index in [0.717, 1.165) is 0 Å². The van der Waals surface area contributed by atoms with Gasteiger partial charge in [0.15, 0.2) is 23.8 Å². The third-order valence-electron chi connectivity index (χ3n) is 3.81. The molecule has 1 aromatic rings. The number of furan rings is 1. The molecule has 2 saturated heterocycles. The normalized spacial score (nSPS) is 40.6. The van der Waals surface area contributed by atoms with Crippen LogP contribution in [-0.4, -0.2) is 17.7 Å². The summed E-state index contributed by atoms with van der Waals surface area (Å²) in [6, 6.07) is 3.58. The lowest BCUT2D eigenvalue weighted by molar-refractivity contribution is -0.203. The van der Waals surface area contributed by atoms with Gasteiger partial charge in [0.2, 0.25) is 0 Å². The van der Waals surface area contributed by atoms with E-state index in [1.807, 2.05) is 20.8 Å². The van der Waals surface area contributed by atoms with Crippen molar-refractivity contribution in [1.29, 1.82) is 0 Å². The van der Waals surface area contributed by atoms with Crippen LogP contribution in [0.15, 0.2) is 22.8 Å². The fraction of sp³-hybridized carbons (Fsp3) is 0.583. The predicted molar refractivity (Wildman–Crippen MR) is 54.6 cm³/mol. The number of carbonyl (C=O) groups excluding carboxylic acids is 1. The summed E-state index contributed by atoms with van der Waals surface area (Å²) in [4.78, 5) is 12.2. The Labute approximate surface area is 93.5 Å². The SMILES string of the molecule is CC1(C)C(=O)[C@@H]2O[C@@]1(C)O[C@H]2c1ccco1. The summed E-state index contributed by atoms with van der Waals surface area (Å²) in [7, 11) is 0. The molecule has 0 aliphatic carbocycles. The largest absolute Gasteiger partial charge is 0.466 e. The Morgan fingerprint density at radius 3 is 2.38 bits per heavy atom. The van der Waals surface area contributed by atoms with E-state index in [2.05, 4.69) is 0 Å². The molecular weight excluding hydrogens is 208 g/mol. The summed E-state index contributed by atoms with van der Waals surface area (Å²) in [5.74, 6) is -0.105. The van der Waals surface area contributed by atoms with E-state index in [-0.39, 0.29) is 5.78 Å². The number of hydrogen-bond donors (Lipinski definition) is 0. The van der Waals surface area contributed by atoms with Crippen LogP contribution in [0.2, 0.25) is 0 Å². The van der Waals surface area contributed by atoms with Crippen molar-refractivity contribution in [3.8, 4) is 0 Å². The second-order valence-electron chi connectivity index (χ2n) is 5.03. The summed E-state index contributed by atoms with van der Waals surface area (Å²) < 4.78 is 16.8. The summed E-state index contributed by atoms with van der Waals surface area (Å²) >= 11 is 0. The van der Waals surface area contributed by atoms with E-state index < -0.39 is 23.4 Å². The molecule has 0 N–H and O–H groups in total. The van der Waals surface area contributed by atoms with Gasteiger partial charge in [0.25, 0.3) is 0 Å². The second kappa shape index (κ2) is 2.76. The minimum atomic E-state index is -0.841. The van der Waals surface area contributed by atoms with Crippen molar-refractivity contribution < 1.29 is 18.7 Å². The Balaban J connectivity index is 2.00. The topological polar surface area (TPSA) is 48.7 Å². The van der Waals surface area contributed by atoms with Crippen LogP contribution in [0.4, 0.5) is 0 Å². The first kappa shape index (κ1) is 10.1. The van der Waals surface area contributed by atoms with Crippen LogP contribution in [0.3, 0.4) is 0 Å². The van der Waals surface area contributed by atoms with Gasteiger partial charge in [0, 0.05) is 0 Å². The Hall–Kier alpha value is -1.13. The van der Waals surface area contributed by atoms with Crippen LogP contribution in [0.5, 0.6) is 0 Å². The molecule has 2 aliphatic heterocycles. The minimum Gasteiger partial charge on any atom is -0.466 e. The summed E-state index contributed by atoms with van der Waals surface area (Å²) in [6.07, 6.45) is 0.634. The Kier molecular flexibility index (Phi) is 1.73.